The van der Waals surface area contributed by atoms with Crippen molar-refractivity contribution in [2.75, 3.05) is 0 Å². The Bertz CT molecular complexity index is 403. The summed E-state index contributed by atoms with van der Waals surface area (Å²) in [5, 5.41) is 4.26. The van der Waals surface area contributed by atoms with Crippen molar-refractivity contribution in [3.05, 3.63) is 36.2 Å². The molecule has 0 bridgehead atoms. The van der Waals surface area contributed by atoms with Crippen molar-refractivity contribution in [1.29, 1.82) is 0 Å². The minimum Gasteiger partial charge on any atom is -0.266 e. The summed E-state index contributed by atoms with van der Waals surface area (Å²) in [6, 6.07) is 7.90. The Hall–Kier alpha value is -1.64. The van der Waals surface area contributed by atoms with Crippen molar-refractivity contribution >= 4 is 0 Å². The number of aryl methyl sites for hydroxylation is 2. The first-order valence-electron chi connectivity index (χ1n) is 4.19. The van der Waals surface area contributed by atoms with Gasteiger partial charge < -0.3 is 0 Å². The lowest BCUT2D eigenvalue weighted by Gasteiger charge is -1.98. The van der Waals surface area contributed by atoms with Gasteiger partial charge in [0.15, 0.2) is 0 Å². The molecular formula is C10H11N3. The van der Waals surface area contributed by atoms with Crippen LogP contribution in [0.2, 0.25) is 0 Å². The second-order valence-corrected chi connectivity index (χ2v) is 3.01. The minimum absolute atomic E-state index is 0.964. The maximum absolute atomic E-state index is 4.26. The molecule has 0 N–H and O–H groups in total. The Kier molecular flexibility index (Phi) is 1.85. The summed E-state index contributed by atoms with van der Waals surface area (Å²) in [5.74, 6) is 0. The molecule has 3 nitrogen and oxygen atoms in total. The molecule has 0 aromatic carbocycles. The van der Waals surface area contributed by atoms with Gasteiger partial charge in [-0.3, -0.25) is 9.67 Å². The average molecular weight is 173 g/mol. The maximum Gasteiger partial charge on any atom is 0.0882 e. The summed E-state index contributed by atoms with van der Waals surface area (Å²) in [5.41, 5.74) is 3.03. The monoisotopic (exact) mass is 173 g/mol. The fourth-order valence-corrected chi connectivity index (χ4v) is 1.36. The zero-order valence-electron chi connectivity index (χ0n) is 7.73. The second-order valence-electron chi connectivity index (χ2n) is 3.01. The summed E-state index contributed by atoms with van der Waals surface area (Å²) < 4.78 is 1.84. The molecule has 0 amide bonds. The highest BCUT2D eigenvalue weighted by Crippen LogP contribution is 2.15. The molecule has 13 heavy (non-hydrogen) atoms. The fraction of sp³-hybridized carbons (Fsp3) is 0.200. The first kappa shape index (κ1) is 7.98. The van der Waals surface area contributed by atoms with Crippen molar-refractivity contribution in [2.24, 2.45) is 7.05 Å². The van der Waals surface area contributed by atoms with Crippen molar-refractivity contribution in [1.82, 2.24) is 14.8 Å². The standard InChI is InChI=1S/C10H11N3/c1-8-7-10(13(2)12-8)9-5-3-4-6-11-9/h3-7H,1-2H3. The van der Waals surface area contributed by atoms with Crippen LogP contribution in [0.1, 0.15) is 5.69 Å². The van der Waals surface area contributed by atoms with Gasteiger partial charge in [0.05, 0.1) is 17.1 Å². The van der Waals surface area contributed by atoms with E-state index in [0.717, 1.165) is 17.1 Å². The molecule has 0 atom stereocenters. The highest BCUT2D eigenvalue weighted by atomic mass is 15.3. The van der Waals surface area contributed by atoms with Crippen LogP contribution < -0.4 is 0 Å². The summed E-state index contributed by atoms with van der Waals surface area (Å²) in [6.07, 6.45) is 1.79. The highest BCUT2D eigenvalue weighted by molar-refractivity contribution is 5.54. The molecule has 66 valence electrons. The van der Waals surface area contributed by atoms with Gasteiger partial charge in [0.25, 0.3) is 0 Å². The van der Waals surface area contributed by atoms with Gasteiger partial charge in [0.1, 0.15) is 0 Å². The van der Waals surface area contributed by atoms with E-state index in [9.17, 15) is 0 Å². The second kappa shape index (κ2) is 3.01. The van der Waals surface area contributed by atoms with Crippen LogP contribution in [-0.4, -0.2) is 14.8 Å². The third-order valence-corrected chi connectivity index (χ3v) is 1.93. The minimum atomic E-state index is 0.964. The zero-order chi connectivity index (χ0) is 9.26. The van der Waals surface area contributed by atoms with Crippen molar-refractivity contribution in [3.8, 4) is 11.4 Å². The van der Waals surface area contributed by atoms with Gasteiger partial charge >= 0.3 is 0 Å². The third kappa shape index (κ3) is 1.45. The van der Waals surface area contributed by atoms with E-state index in [1.807, 2.05) is 42.9 Å². The molecule has 2 aromatic heterocycles. The zero-order valence-corrected chi connectivity index (χ0v) is 7.73. The molecule has 0 aliphatic heterocycles. The lowest BCUT2D eigenvalue weighted by Crippen LogP contribution is -1.94. The van der Waals surface area contributed by atoms with Gasteiger partial charge in [-0.1, -0.05) is 6.07 Å². The molecule has 0 saturated carbocycles. The number of hydrogen-bond acceptors (Lipinski definition) is 2. The van der Waals surface area contributed by atoms with Crippen molar-refractivity contribution < 1.29 is 0 Å². The normalized spacial score (nSPS) is 10.3. The van der Waals surface area contributed by atoms with Gasteiger partial charge in [-0.05, 0) is 25.1 Å². The SMILES string of the molecule is Cc1cc(-c2ccccn2)n(C)n1. The van der Waals surface area contributed by atoms with Crippen molar-refractivity contribution in [2.45, 2.75) is 6.92 Å². The van der Waals surface area contributed by atoms with Gasteiger partial charge in [0, 0.05) is 13.2 Å². The third-order valence-electron chi connectivity index (χ3n) is 1.93. The number of hydrogen-bond donors (Lipinski definition) is 0. The molecule has 0 aliphatic carbocycles. The topological polar surface area (TPSA) is 30.7 Å². The van der Waals surface area contributed by atoms with Crippen LogP contribution in [0.25, 0.3) is 11.4 Å². The molecule has 2 aromatic rings. The summed E-state index contributed by atoms with van der Waals surface area (Å²) in [4.78, 5) is 4.26. The van der Waals surface area contributed by atoms with E-state index in [4.69, 9.17) is 0 Å². The fourth-order valence-electron chi connectivity index (χ4n) is 1.36. The predicted octanol–water partition coefficient (Wildman–Crippen LogP) is 1.79. The Morgan fingerprint density at radius 3 is 2.69 bits per heavy atom. The van der Waals surface area contributed by atoms with E-state index in [1.54, 1.807) is 6.20 Å². The Labute approximate surface area is 77.0 Å². The van der Waals surface area contributed by atoms with Crippen LogP contribution in [-0.2, 0) is 7.05 Å². The molecule has 0 aliphatic rings. The van der Waals surface area contributed by atoms with Gasteiger partial charge in [-0.2, -0.15) is 5.10 Å². The van der Waals surface area contributed by atoms with Crippen molar-refractivity contribution in [3.63, 3.8) is 0 Å². The van der Waals surface area contributed by atoms with E-state index < -0.39 is 0 Å². The molecule has 3 heteroatoms. The van der Waals surface area contributed by atoms with E-state index in [2.05, 4.69) is 10.1 Å². The Morgan fingerprint density at radius 1 is 1.31 bits per heavy atom. The highest BCUT2D eigenvalue weighted by Gasteiger charge is 2.04. The Morgan fingerprint density at radius 2 is 2.15 bits per heavy atom. The molecule has 0 spiro atoms. The lowest BCUT2D eigenvalue weighted by atomic mass is 10.2. The molecular weight excluding hydrogens is 162 g/mol. The first-order valence-corrected chi connectivity index (χ1v) is 4.19. The average Bonchev–Trinajstić information content (AvgIpc) is 2.47. The molecule has 0 fully saturated rings. The van der Waals surface area contributed by atoms with E-state index >= 15 is 0 Å². The van der Waals surface area contributed by atoms with Gasteiger partial charge in [0.2, 0.25) is 0 Å². The van der Waals surface area contributed by atoms with Crippen LogP contribution in [0.4, 0.5) is 0 Å². The van der Waals surface area contributed by atoms with E-state index in [1.165, 1.54) is 0 Å². The number of rotatable bonds is 1. The maximum atomic E-state index is 4.26. The van der Waals surface area contributed by atoms with E-state index in [-0.39, 0.29) is 0 Å². The van der Waals surface area contributed by atoms with Crippen LogP contribution in [0.15, 0.2) is 30.5 Å². The molecule has 2 rings (SSSR count). The number of pyridine rings is 1. The largest absolute Gasteiger partial charge is 0.266 e. The summed E-state index contributed by atoms with van der Waals surface area (Å²) in [7, 11) is 1.93. The van der Waals surface area contributed by atoms with Crippen LogP contribution in [0, 0.1) is 6.92 Å². The predicted molar refractivity (Wildman–Crippen MR) is 51.2 cm³/mol. The van der Waals surface area contributed by atoms with E-state index in [0.29, 0.717) is 0 Å². The molecule has 2 heterocycles. The molecule has 0 saturated heterocycles. The number of aromatic nitrogens is 3. The van der Waals surface area contributed by atoms with Crippen LogP contribution >= 0.6 is 0 Å². The Balaban J connectivity index is 2.53. The van der Waals surface area contributed by atoms with Gasteiger partial charge in [-0.15, -0.1) is 0 Å². The van der Waals surface area contributed by atoms with Crippen LogP contribution in [0.3, 0.4) is 0 Å². The molecule has 0 radical (unpaired) electrons. The number of nitrogens with zero attached hydrogens (tertiary/aromatic N) is 3. The van der Waals surface area contributed by atoms with Gasteiger partial charge in [-0.25, -0.2) is 0 Å². The smallest absolute Gasteiger partial charge is 0.0882 e. The summed E-state index contributed by atoms with van der Waals surface area (Å²) in [6.45, 7) is 1.98. The lowest BCUT2D eigenvalue weighted by molar-refractivity contribution is 0.762. The first-order chi connectivity index (χ1) is 6.27. The van der Waals surface area contributed by atoms with Crippen LogP contribution in [0.5, 0.6) is 0 Å². The summed E-state index contributed by atoms with van der Waals surface area (Å²) >= 11 is 0. The molecule has 0 unspecified atom stereocenters. The quantitative estimate of drug-likeness (QED) is 0.658.